The molecule has 3 heterocycles. The van der Waals surface area contributed by atoms with E-state index in [0.717, 1.165) is 48.4 Å². The van der Waals surface area contributed by atoms with Crippen LogP contribution in [0.4, 0.5) is 0 Å². The van der Waals surface area contributed by atoms with Crippen LogP contribution in [0.25, 0.3) is 16.5 Å². The number of carbonyl (C=O) groups excluding carboxylic acids is 1. The van der Waals surface area contributed by atoms with Crippen molar-refractivity contribution >= 4 is 16.7 Å². The molecule has 1 aliphatic rings. The molecule has 0 aliphatic carbocycles. The monoisotopic (exact) mass is 463 g/mol. The molecule has 0 radical (unpaired) electrons. The van der Waals surface area contributed by atoms with Crippen LogP contribution in [0.15, 0.2) is 41.3 Å². The fourth-order valence-corrected chi connectivity index (χ4v) is 5.07. The second kappa shape index (κ2) is 11.5. The normalized spacial score (nSPS) is 14.9. The summed E-state index contributed by atoms with van der Waals surface area (Å²) in [5, 5.41) is 9.07. The Labute approximate surface area is 201 Å². The number of likely N-dealkylation sites (tertiary alicyclic amines) is 1. The highest BCUT2D eigenvalue weighted by Crippen LogP contribution is 2.23. The Bertz CT molecular complexity index is 1160. The Hall–Kier alpha value is -2.93. The van der Waals surface area contributed by atoms with Crippen LogP contribution in [-0.4, -0.2) is 51.3 Å². The van der Waals surface area contributed by atoms with Crippen LogP contribution in [0.2, 0.25) is 0 Å². The average Bonchev–Trinajstić information content (AvgIpc) is 3.01. The maximum absolute atomic E-state index is 13.2. The van der Waals surface area contributed by atoms with Gasteiger partial charge in [-0.05, 0) is 71.3 Å². The number of hydrogen-bond acceptors (Lipinski definition) is 4. The molecule has 4 rings (SSSR count). The molecule has 1 aromatic carbocycles. The zero-order valence-electron chi connectivity index (χ0n) is 20.6. The predicted octanol–water partition coefficient (Wildman–Crippen LogP) is 3.97. The number of para-hydroxylation sites is 1. The SMILES string of the molecule is Cc1c2cnn(-c3ccccc3)c(=O)c2c(C)n1CCCC(=O)NCCCN1CCCCCC1. The number of aryl methyl sites for hydroxylation is 2. The lowest BCUT2D eigenvalue weighted by molar-refractivity contribution is -0.121. The van der Waals surface area contributed by atoms with Crippen LogP contribution < -0.4 is 10.9 Å². The molecule has 2 aromatic heterocycles. The van der Waals surface area contributed by atoms with Gasteiger partial charge in [0.25, 0.3) is 5.56 Å². The molecule has 1 fully saturated rings. The highest BCUT2D eigenvalue weighted by Gasteiger charge is 2.17. The number of carbonyl (C=O) groups is 1. The van der Waals surface area contributed by atoms with E-state index in [9.17, 15) is 9.59 Å². The van der Waals surface area contributed by atoms with Gasteiger partial charge in [-0.3, -0.25) is 9.59 Å². The van der Waals surface area contributed by atoms with Gasteiger partial charge in [-0.25, -0.2) is 0 Å². The van der Waals surface area contributed by atoms with Crippen molar-refractivity contribution in [1.82, 2.24) is 24.6 Å². The predicted molar refractivity (Wildman–Crippen MR) is 137 cm³/mol. The zero-order valence-corrected chi connectivity index (χ0v) is 20.6. The Morgan fingerprint density at radius 2 is 1.71 bits per heavy atom. The summed E-state index contributed by atoms with van der Waals surface area (Å²) in [4.78, 5) is 28.1. The first-order chi connectivity index (χ1) is 16.6. The summed E-state index contributed by atoms with van der Waals surface area (Å²) >= 11 is 0. The Balaban J connectivity index is 1.31. The lowest BCUT2D eigenvalue weighted by Gasteiger charge is -2.19. The number of rotatable bonds is 9. The molecule has 1 aliphatic heterocycles. The van der Waals surface area contributed by atoms with Crippen molar-refractivity contribution in [3.8, 4) is 5.69 Å². The topological polar surface area (TPSA) is 72.2 Å². The summed E-state index contributed by atoms with van der Waals surface area (Å²) in [5.41, 5.74) is 2.61. The van der Waals surface area contributed by atoms with Gasteiger partial charge in [0.1, 0.15) is 0 Å². The van der Waals surface area contributed by atoms with Crippen LogP contribution in [-0.2, 0) is 11.3 Å². The van der Waals surface area contributed by atoms with Crippen molar-refractivity contribution in [3.63, 3.8) is 0 Å². The van der Waals surface area contributed by atoms with Crippen molar-refractivity contribution in [2.24, 2.45) is 0 Å². The molecule has 0 atom stereocenters. The van der Waals surface area contributed by atoms with Gasteiger partial charge < -0.3 is 14.8 Å². The van der Waals surface area contributed by atoms with Crippen LogP contribution in [0.5, 0.6) is 0 Å². The Morgan fingerprint density at radius 3 is 2.44 bits per heavy atom. The van der Waals surface area contributed by atoms with E-state index in [-0.39, 0.29) is 11.5 Å². The quantitative estimate of drug-likeness (QED) is 0.488. The molecule has 3 aromatic rings. The number of hydrogen-bond donors (Lipinski definition) is 1. The lowest BCUT2D eigenvalue weighted by Crippen LogP contribution is -2.30. The van der Waals surface area contributed by atoms with Gasteiger partial charge >= 0.3 is 0 Å². The number of nitrogens with zero attached hydrogens (tertiary/aromatic N) is 4. The summed E-state index contributed by atoms with van der Waals surface area (Å²) < 4.78 is 3.61. The first kappa shape index (κ1) is 24.2. The van der Waals surface area contributed by atoms with Crippen molar-refractivity contribution in [1.29, 1.82) is 0 Å². The van der Waals surface area contributed by atoms with Crippen LogP contribution in [0.1, 0.15) is 56.3 Å². The smallest absolute Gasteiger partial charge is 0.281 e. The van der Waals surface area contributed by atoms with Crippen molar-refractivity contribution in [2.75, 3.05) is 26.2 Å². The molecule has 34 heavy (non-hydrogen) atoms. The number of fused-ring (bicyclic) bond motifs is 1. The molecule has 0 bridgehead atoms. The lowest BCUT2D eigenvalue weighted by atomic mass is 10.2. The summed E-state index contributed by atoms with van der Waals surface area (Å²) in [6, 6.07) is 9.48. The first-order valence-electron chi connectivity index (χ1n) is 12.7. The largest absolute Gasteiger partial charge is 0.356 e. The summed E-state index contributed by atoms with van der Waals surface area (Å²) in [7, 11) is 0. The van der Waals surface area contributed by atoms with Gasteiger partial charge in [0.05, 0.1) is 17.3 Å². The maximum Gasteiger partial charge on any atom is 0.281 e. The van der Waals surface area contributed by atoms with Gasteiger partial charge in [0.15, 0.2) is 0 Å². The van der Waals surface area contributed by atoms with Crippen molar-refractivity contribution < 1.29 is 4.79 Å². The minimum Gasteiger partial charge on any atom is -0.356 e. The summed E-state index contributed by atoms with van der Waals surface area (Å²) in [6.07, 6.45) is 9.31. The van der Waals surface area contributed by atoms with E-state index in [1.54, 1.807) is 6.20 Å². The fourth-order valence-electron chi connectivity index (χ4n) is 5.07. The summed E-state index contributed by atoms with van der Waals surface area (Å²) in [5.74, 6) is 0.107. The number of benzene rings is 1. The van der Waals surface area contributed by atoms with E-state index >= 15 is 0 Å². The van der Waals surface area contributed by atoms with Crippen molar-refractivity contribution in [3.05, 3.63) is 58.3 Å². The molecule has 0 saturated carbocycles. The number of aromatic nitrogens is 3. The standard InChI is InChI=1S/C27H37N5O2/c1-21-24-20-29-32(23-12-6-5-7-13-23)27(34)26(24)22(2)31(21)19-10-14-25(33)28-15-11-18-30-16-8-3-4-9-17-30/h5-7,12-13,20H,3-4,8-11,14-19H2,1-2H3,(H,28,33). The molecule has 7 nitrogen and oxygen atoms in total. The molecular formula is C27H37N5O2. The third-order valence-corrected chi connectivity index (χ3v) is 7.00. The van der Waals surface area contributed by atoms with Gasteiger partial charge in [0, 0.05) is 36.3 Å². The van der Waals surface area contributed by atoms with E-state index in [2.05, 4.69) is 19.9 Å². The molecule has 1 saturated heterocycles. The van der Waals surface area contributed by atoms with Gasteiger partial charge in [-0.2, -0.15) is 9.78 Å². The molecule has 0 spiro atoms. The average molecular weight is 464 g/mol. The molecular weight excluding hydrogens is 426 g/mol. The first-order valence-corrected chi connectivity index (χ1v) is 12.7. The third-order valence-electron chi connectivity index (χ3n) is 7.00. The van der Waals surface area contributed by atoms with E-state index in [1.807, 2.05) is 44.2 Å². The van der Waals surface area contributed by atoms with Crippen LogP contribution in [0, 0.1) is 13.8 Å². The van der Waals surface area contributed by atoms with Gasteiger partial charge in [0.2, 0.25) is 5.91 Å². The molecule has 1 amide bonds. The second-order valence-electron chi connectivity index (χ2n) is 9.37. The van der Waals surface area contributed by atoms with E-state index in [0.29, 0.717) is 18.4 Å². The molecule has 1 N–H and O–H groups in total. The van der Waals surface area contributed by atoms with Crippen molar-refractivity contribution in [2.45, 2.75) is 65.3 Å². The summed E-state index contributed by atoms with van der Waals surface area (Å²) in [6.45, 7) is 8.92. The molecule has 182 valence electrons. The van der Waals surface area contributed by atoms with Crippen LogP contribution >= 0.6 is 0 Å². The Morgan fingerprint density at radius 1 is 0.971 bits per heavy atom. The zero-order chi connectivity index (χ0) is 23.9. The van der Waals surface area contributed by atoms with E-state index in [4.69, 9.17) is 0 Å². The van der Waals surface area contributed by atoms with Crippen LogP contribution in [0.3, 0.4) is 0 Å². The van der Waals surface area contributed by atoms with Gasteiger partial charge in [-0.15, -0.1) is 0 Å². The number of amides is 1. The van der Waals surface area contributed by atoms with Gasteiger partial charge in [-0.1, -0.05) is 31.0 Å². The van der Waals surface area contributed by atoms with E-state index in [1.165, 1.54) is 43.5 Å². The number of nitrogens with one attached hydrogen (secondary N) is 1. The molecule has 7 heteroatoms. The maximum atomic E-state index is 13.2. The van der Waals surface area contributed by atoms with E-state index < -0.39 is 0 Å². The second-order valence-corrected chi connectivity index (χ2v) is 9.37. The third kappa shape index (κ3) is 5.58. The highest BCUT2D eigenvalue weighted by atomic mass is 16.1. The minimum absolute atomic E-state index is 0.106. The Kier molecular flexibility index (Phi) is 8.16. The minimum atomic E-state index is -0.106. The molecule has 0 unspecified atom stereocenters. The fraction of sp³-hybridized carbons (Fsp3) is 0.519. The highest BCUT2D eigenvalue weighted by molar-refractivity contribution is 5.87.